The molecule has 2 aromatic heterocycles. The second-order valence-electron chi connectivity index (χ2n) is 12.3. The number of nitrogens with two attached hydrogens (primary N) is 1. The largest absolute Gasteiger partial charge is 0.463 e. The normalized spacial score (nSPS) is 29.7. The molecule has 0 amide bonds. The predicted molar refractivity (Wildman–Crippen MR) is 154 cm³/mol. The standard InChI is InChI=1S/C27H35N9O2S2/c28-9-18-19-20(39-22(18)29)21(40-27(19)12-30-13-27)23-32-24(36-10-16-1-2-17(11-36)31-16)34-25(33-23)38-15-26(3-4-26)14-35-5-7-37-8-6-35/h16-17,21,30-31H,1-8,10-15,29H2/t16-,17+,21?. The van der Waals surface area contributed by atoms with Crippen LogP contribution < -0.4 is 26.0 Å². The van der Waals surface area contributed by atoms with Crippen molar-refractivity contribution in [1.29, 1.82) is 5.26 Å². The number of ether oxygens (including phenoxy) is 2. The van der Waals surface area contributed by atoms with Gasteiger partial charge in [0.05, 0.1) is 30.1 Å². The smallest absolute Gasteiger partial charge is 0.321 e. The fraction of sp³-hybridized carbons (Fsp3) is 0.704. The number of nitrogens with zero attached hydrogens (tertiary/aromatic N) is 6. The Bertz CT molecular complexity index is 1340. The van der Waals surface area contributed by atoms with Gasteiger partial charge in [-0.15, -0.1) is 23.1 Å². The molecule has 11 nitrogen and oxygen atoms in total. The molecule has 2 aromatic rings. The Labute approximate surface area is 242 Å². The monoisotopic (exact) mass is 581 g/mol. The van der Waals surface area contributed by atoms with E-state index < -0.39 is 0 Å². The second kappa shape index (κ2) is 9.68. The van der Waals surface area contributed by atoms with Gasteiger partial charge in [-0.2, -0.15) is 20.2 Å². The molecule has 4 N–H and O–H groups in total. The molecule has 3 atom stereocenters. The van der Waals surface area contributed by atoms with Crippen LogP contribution in [0.15, 0.2) is 0 Å². The van der Waals surface area contributed by atoms with Crippen LogP contribution in [0.3, 0.4) is 0 Å². The van der Waals surface area contributed by atoms with E-state index in [1.165, 1.54) is 37.0 Å². The third kappa shape index (κ3) is 4.35. The number of piperazine rings is 1. The Morgan fingerprint density at radius 1 is 1.12 bits per heavy atom. The lowest BCUT2D eigenvalue weighted by molar-refractivity contribution is 0.0231. The molecule has 13 heteroatoms. The van der Waals surface area contributed by atoms with Gasteiger partial charge in [-0.05, 0) is 25.7 Å². The van der Waals surface area contributed by atoms with E-state index in [9.17, 15) is 5.26 Å². The number of thioether (sulfide) groups is 1. The summed E-state index contributed by atoms with van der Waals surface area (Å²) >= 11 is 3.36. The van der Waals surface area contributed by atoms with E-state index in [0.717, 1.165) is 69.5 Å². The molecule has 2 bridgehead atoms. The predicted octanol–water partition coefficient (Wildman–Crippen LogP) is 1.45. The van der Waals surface area contributed by atoms with Crippen molar-refractivity contribution in [3.05, 3.63) is 21.8 Å². The molecule has 1 saturated carbocycles. The van der Waals surface area contributed by atoms with E-state index in [0.29, 0.717) is 47.0 Å². The fourth-order valence-corrected chi connectivity index (χ4v) is 10.00. The third-order valence-electron chi connectivity index (χ3n) is 9.41. The fourth-order valence-electron chi connectivity index (χ4n) is 6.96. The van der Waals surface area contributed by atoms with Gasteiger partial charge in [0.2, 0.25) is 5.95 Å². The van der Waals surface area contributed by atoms with Gasteiger partial charge in [0.25, 0.3) is 0 Å². The Hall–Kier alpha value is -2.21. The molecular weight excluding hydrogens is 546 g/mol. The van der Waals surface area contributed by atoms with Gasteiger partial charge in [0.15, 0.2) is 5.82 Å². The molecular formula is C27H35N9O2S2. The van der Waals surface area contributed by atoms with Gasteiger partial charge in [-0.1, -0.05) is 0 Å². The molecule has 6 aliphatic rings. The van der Waals surface area contributed by atoms with Crippen LogP contribution in [0, 0.1) is 16.7 Å². The summed E-state index contributed by atoms with van der Waals surface area (Å²) in [5, 5.41) is 17.5. The summed E-state index contributed by atoms with van der Waals surface area (Å²) < 4.78 is 11.8. The van der Waals surface area contributed by atoms with E-state index in [-0.39, 0.29) is 15.4 Å². The number of nitrogens with one attached hydrogen (secondary N) is 2. The highest BCUT2D eigenvalue weighted by molar-refractivity contribution is 8.01. The number of thiophene rings is 1. The van der Waals surface area contributed by atoms with Crippen LogP contribution in [0.25, 0.3) is 0 Å². The highest BCUT2D eigenvalue weighted by atomic mass is 32.2. The summed E-state index contributed by atoms with van der Waals surface area (Å²) in [7, 11) is 0. The van der Waals surface area contributed by atoms with Crippen LogP contribution in [0.4, 0.5) is 10.9 Å². The molecule has 8 rings (SSSR count). The van der Waals surface area contributed by atoms with Crippen molar-refractivity contribution in [1.82, 2.24) is 30.5 Å². The summed E-state index contributed by atoms with van der Waals surface area (Å²) in [5.74, 6) is 1.42. The molecule has 1 unspecified atom stereocenters. The van der Waals surface area contributed by atoms with Crippen LogP contribution in [-0.4, -0.2) is 97.6 Å². The first-order chi connectivity index (χ1) is 19.5. The third-order valence-corrected chi connectivity index (χ3v) is 12.3. The van der Waals surface area contributed by atoms with E-state index in [2.05, 4.69) is 26.5 Å². The van der Waals surface area contributed by atoms with Crippen LogP contribution in [0.2, 0.25) is 0 Å². The maximum absolute atomic E-state index is 9.93. The number of rotatable bonds is 7. The van der Waals surface area contributed by atoms with E-state index in [1.807, 2.05) is 11.8 Å². The molecule has 0 radical (unpaired) electrons. The Morgan fingerprint density at radius 2 is 1.90 bits per heavy atom. The molecule has 1 aliphatic carbocycles. The summed E-state index contributed by atoms with van der Waals surface area (Å²) in [6.07, 6.45) is 4.71. The van der Waals surface area contributed by atoms with Gasteiger partial charge >= 0.3 is 6.01 Å². The number of fused-ring (bicyclic) bond motifs is 4. The average molecular weight is 582 g/mol. The molecule has 1 spiro atoms. The lowest BCUT2D eigenvalue weighted by Gasteiger charge is -2.39. The Morgan fingerprint density at radius 3 is 2.58 bits per heavy atom. The molecule has 7 heterocycles. The van der Waals surface area contributed by atoms with Crippen molar-refractivity contribution in [3.8, 4) is 12.1 Å². The van der Waals surface area contributed by atoms with Crippen molar-refractivity contribution in [2.24, 2.45) is 5.41 Å². The lowest BCUT2D eigenvalue weighted by Crippen LogP contribution is -2.53. The van der Waals surface area contributed by atoms with Crippen molar-refractivity contribution in [2.45, 2.75) is 47.8 Å². The maximum Gasteiger partial charge on any atom is 0.321 e. The molecule has 4 saturated heterocycles. The highest BCUT2D eigenvalue weighted by Gasteiger charge is 2.54. The summed E-state index contributed by atoms with van der Waals surface area (Å²) in [4.78, 5) is 20.8. The van der Waals surface area contributed by atoms with Crippen LogP contribution >= 0.6 is 23.1 Å². The summed E-state index contributed by atoms with van der Waals surface area (Å²) in [6.45, 7) is 8.65. The zero-order valence-electron chi connectivity index (χ0n) is 22.5. The second-order valence-corrected chi connectivity index (χ2v) is 14.9. The van der Waals surface area contributed by atoms with E-state index in [1.54, 1.807) is 0 Å². The van der Waals surface area contributed by atoms with Crippen molar-refractivity contribution in [2.75, 3.05) is 76.3 Å². The topological polar surface area (TPSA) is 137 Å². The number of anilines is 2. The molecule has 40 heavy (non-hydrogen) atoms. The van der Waals surface area contributed by atoms with Crippen molar-refractivity contribution in [3.63, 3.8) is 0 Å². The minimum absolute atomic E-state index is 0.0986. The quantitative estimate of drug-likeness (QED) is 0.436. The number of nitrogen functional groups attached to an aromatic ring is 1. The van der Waals surface area contributed by atoms with Crippen LogP contribution in [0.5, 0.6) is 6.01 Å². The van der Waals surface area contributed by atoms with Crippen molar-refractivity contribution < 1.29 is 9.47 Å². The Kier molecular flexibility index (Phi) is 6.17. The zero-order valence-corrected chi connectivity index (χ0v) is 24.2. The molecule has 5 aliphatic heterocycles. The number of aromatic nitrogens is 3. The van der Waals surface area contributed by atoms with Gasteiger partial charge in [-0.3, -0.25) is 4.90 Å². The lowest BCUT2D eigenvalue weighted by atomic mass is 9.89. The SMILES string of the molecule is N#Cc1c(N)sc2c1C1(CNC1)SC2c1nc(OCC2(CN3CCOCC3)CC2)nc(N2C[C@H]3CC[C@@H](C2)N3)n1. The zero-order chi connectivity index (χ0) is 26.9. The van der Waals surface area contributed by atoms with Gasteiger partial charge in [0, 0.05) is 73.8 Å². The van der Waals surface area contributed by atoms with Gasteiger partial charge in [-0.25, -0.2) is 0 Å². The van der Waals surface area contributed by atoms with Crippen LogP contribution in [0.1, 0.15) is 52.8 Å². The summed E-state index contributed by atoms with van der Waals surface area (Å²) in [6, 6.07) is 3.74. The van der Waals surface area contributed by atoms with Crippen molar-refractivity contribution >= 4 is 34.0 Å². The minimum Gasteiger partial charge on any atom is -0.463 e. The molecule has 5 fully saturated rings. The number of hydrogen-bond acceptors (Lipinski definition) is 13. The van der Waals surface area contributed by atoms with Gasteiger partial charge < -0.3 is 30.7 Å². The number of nitriles is 1. The molecule has 0 aromatic carbocycles. The minimum atomic E-state index is -0.155. The number of morpholine rings is 1. The highest BCUT2D eigenvalue weighted by Crippen LogP contribution is 2.62. The Balaban J connectivity index is 1.11. The first kappa shape index (κ1) is 25.5. The van der Waals surface area contributed by atoms with Crippen LogP contribution in [-0.2, 0) is 9.48 Å². The first-order valence-corrected chi connectivity index (χ1v) is 16.1. The maximum atomic E-state index is 9.93. The van der Waals surface area contributed by atoms with E-state index in [4.69, 9.17) is 30.2 Å². The first-order valence-electron chi connectivity index (χ1n) is 14.4. The summed E-state index contributed by atoms with van der Waals surface area (Å²) in [5.41, 5.74) is 8.23. The average Bonchev–Trinajstić information content (AvgIpc) is 3.34. The van der Waals surface area contributed by atoms with Gasteiger partial charge in [0.1, 0.15) is 16.3 Å². The molecule has 212 valence electrons. The number of hydrogen-bond donors (Lipinski definition) is 3. The van der Waals surface area contributed by atoms with E-state index >= 15 is 0 Å².